The minimum Gasteiger partial charge on any atom is -0.321 e. The quantitative estimate of drug-likeness (QED) is 0.250. The molecule has 34 heavy (non-hydrogen) atoms. The Morgan fingerprint density at radius 2 is 1.62 bits per heavy atom. The van der Waals surface area contributed by atoms with E-state index >= 15 is 0 Å². The number of halogens is 1. The molecule has 0 bridgehead atoms. The van der Waals surface area contributed by atoms with E-state index in [1.807, 2.05) is 12.1 Å². The first-order valence-electron chi connectivity index (χ1n) is 10.8. The number of carbonyl (C=O) groups excluding carboxylic acids is 2. The molecule has 2 amide bonds. The molecule has 3 aromatic carbocycles. The third-order valence-corrected chi connectivity index (χ3v) is 5.04. The van der Waals surface area contributed by atoms with Crippen LogP contribution in [0.5, 0.6) is 0 Å². The van der Waals surface area contributed by atoms with Crippen LogP contribution in [0.15, 0.2) is 78.5 Å². The lowest BCUT2D eigenvalue weighted by molar-refractivity contribution is -0.384. The van der Waals surface area contributed by atoms with E-state index in [1.54, 1.807) is 12.1 Å². The smallest absolute Gasteiger partial charge is 0.272 e. The van der Waals surface area contributed by atoms with Crippen molar-refractivity contribution in [2.24, 2.45) is 0 Å². The number of nitro benzene ring substituents is 1. The van der Waals surface area contributed by atoms with E-state index in [2.05, 4.69) is 17.6 Å². The number of nitrogens with one attached hydrogen (secondary N) is 2. The number of nitro groups is 1. The van der Waals surface area contributed by atoms with Crippen molar-refractivity contribution in [3.63, 3.8) is 0 Å². The monoisotopic (exact) mass is 461 g/mol. The van der Waals surface area contributed by atoms with Crippen molar-refractivity contribution in [1.82, 2.24) is 5.32 Å². The number of non-ortho nitro benzene ring substituents is 1. The predicted octanol–water partition coefficient (Wildman–Crippen LogP) is 5.49. The third kappa shape index (κ3) is 6.83. The highest BCUT2D eigenvalue weighted by molar-refractivity contribution is 6.10. The SMILES string of the molecule is CCCCc1ccc(C(=O)N/C(=C\c2ccc(F)cc2)C(=O)Nc2ccc([N+](=O)[O-])cc2)cc1. The summed E-state index contributed by atoms with van der Waals surface area (Å²) in [5.41, 5.74) is 2.14. The lowest BCUT2D eigenvalue weighted by Crippen LogP contribution is -2.30. The number of hydrogen-bond donors (Lipinski definition) is 2. The molecule has 0 saturated heterocycles. The maximum atomic E-state index is 13.3. The van der Waals surface area contributed by atoms with E-state index in [9.17, 15) is 24.1 Å². The zero-order chi connectivity index (χ0) is 24.5. The fourth-order valence-electron chi connectivity index (χ4n) is 3.15. The summed E-state index contributed by atoms with van der Waals surface area (Å²) < 4.78 is 13.3. The summed E-state index contributed by atoms with van der Waals surface area (Å²) >= 11 is 0. The van der Waals surface area contributed by atoms with Crippen molar-refractivity contribution in [3.05, 3.63) is 111 Å². The molecule has 7 nitrogen and oxygen atoms in total. The van der Waals surface area contributed by atoms with Gasteiger partial charge in [-0.15, -0.1) is 0 Å². The molecule has 0 atom stereocenters. The Balaban J connectivity index is 1.81. The number of rotatable bonds is 9. The second kappa shape index (κ2) is 11.5. The molecule has 174 valence electrons. The topological polar surface area (TPSA) is 101 Å². The van der Waals surface area contributed by atoms with Gasteiger partial charge in [0.2, 0.25) is 0 Å². The molecule has 0 fully saturated rings. The molecule has 0 aliphatic carbocycles. The van der Waals surface area contributed by atoms with Crippen LogP contribution < -0.4 is 10.6 Å². The van der Waals surface area contributed by atoms with Gasteiger partial charge in [-0.1, -0.05) is 37.6 Å². The Morgan fingerprint density at radius 1 is 0.971 bits per heavy atom. The number of benzene rings is 3. The average Bonchev–Trinajstić information content (AvgIpc) is 2.84. The Morgan fingerprint density at radius 3 is 2.21 bits per heavy atom. The Hall–Kier alpha value is -4.33. The number of anilines is 1. The van der Waals surface area contributed by atoms with Gasteiger partial charge in [-0.25, -0.2) is 4.39 Å². The summed E-state index contributed by atoms with van der Waals surface area (Å²) in [7, 11) is 0. The highest BCUT2D eigenvalue weighted by Gasteiger charge is 2.16. The lowest BCUT2D eigenvalue weighted by Gasteiger charge is -2.12. The highest BCUT2D eigenvalue weighted by atomic mass is 19.1. The summed E-state index contributed by atoms with van der Waals surface area (Å²) in [4.78, 5) is 36.1. The van der Waals surface area contributed by atoms with E-state index in [0.29, 0.717) is 16.8 Å². The Labute approximate surface area is 196 Å². The normalized spacial score (nSPS) is 11.1. The van der Waals surface area contributed by atoms with Gasteiger partial charge in [0, 0.05) is 23.4 Å². The first kappa shape index (κ1) is 24.3. The lowest BCUT2D eigenvalue weighted by atomic mass is 10.1. The van der Waals surface area contributed by atoms with Crippen LogP contribution in [-0.4, -0.2) is 16.7 Å². The van der Waals surface area contributed by atoms with Crippen molar-refractivity contribution >= 4 is 29.3 Å². The summed E-state index contributed by atoms with van der Waals surface area (Å²) in [5, 5.41) is 16.1. The molecule has 0 aromatic heterocycles. The maximum absolute atomic E-state index is 13.3. The second-order valence-electron chi connectivity index (χ2n) is 7.62. The van der Waals surface area contributed by atoms with Crippen molar-refractivity contribution < 1.29 is 18.9 Å². The summed E-state index contributed by atoms with van der Waals surface area (Å²) in [5.74, 6) is -1.54. The molecular formula is C26H24FN3O4. The van der Waals surface area contributed by atoms with Crippen molar-refractivity contribution in [1.29, 1.82) is 0 Å². The number of unbranched alkanes of at least 4 members (excludes halogenated alkanes) is 1. The molecule has 0 heterocycles. The molecule has 0 spiro atoms. The van der Waals surface area contributed by atoms with Gasteiger partial charge in [-0.05, 0) is 66.4 Å². The first-order valence-corrected chi connectivity index (χ1v) is 10.8. The Bertz CT molecular complexity index is 1190. The van der Waals surface area contributed by atoms with Crippen LogP contribution >= 0.6 is 0 Å². The minimum absolute atomic E-state index is 0.0648. The molecule has 3 rings (SSSR count). The fourth-order valence-corrected chi connectivity index (χ4v) is 3.15. The number of nitrogens with zero attached hydrogens (tertiary/aromatic N) is 1. The van der Waals surface area contributed by atoms with E-state index in [0.717, 1.165) is 24.8 Å². The molecule has 0 aliphatic rings. The molecule has 3 aromatic rings. The summed E-state index contributed by atoms with van der Waals surface area (Å²) in [6, 6.07) is 17.9. The molecular weight excluding hydrogens is 437 g/mol. The van der Waals surface area contributed by atoms with Crippen molar-refractivity contribution in [3.8, 4) is 0 Å². The van der Waals surface area contributed by atoms with Crippen LogP contribution in [0.2, 0.25) is 0 Å². The fraction of sp³-hybridized carbons (Fsp3) is 0.154. The van der Waals surface area contributed by atoms with Crippen molar-refractivity contribution in [2.45, 2.75) is 26.2 Å². The van der Waals surface area contributed by atoms with Crippen LogP contribution in [0.3, 0.4) is 0 Å². The van der Waals surface area contributed by atoms with E-state index in [-0.39, 0.29) is 11.4 Å². The van der Waals surface area contributed by atoms with Crippen molar-refractivity contribution in [2.75, 3.05) is 5.32 Å². The predicted molar refractivity (Wildman–Crippen MR) is 129 cm³/mol. The van der Waals surface area contributed by atoms with Gasteiger partial charge in [0.05, 0.1) is 4.92 Å². The van der Waals surface area contributed by atoms with Crippen LogP contribution in [0.1, 0.15) is 41.3 Å². The number of amides is 2. The van der Waals surface area contributed by atoms with E-state index in [4.69, 9.17) is 0 Å². The van der Waals surface area contributed by atoms with E-state index < -0.39 is 22.6 Å². The number of aryl methyl sites for hydroxylation is 1. The maximum Gasteiger partial charge on any atom is 0.272 e. The molecule has 0 radical (unpaired) electrons. The molecule has 8 heteroatoms. The minimum atomic E-state index is -0.633. The average molecular weight is 461 g/mol. The van der Waals surface area contributed by atoms with Gasteiger partial charge in [0.25, 0.3) is 17.5 Å². The van der Waals surface area contributed by atoms with Gasteiger partial charge in [-0.2, -0.15) is 0 Å². The van der Waals surface area contributed by atoms with Gasteiger partial charge >= 0.3 is 0 Å². The summed E-state index contributed by atoms with van der Waals surface area (Å²) in [6.45, 7) is 2.11. The highest BCUT2D eigenvalue weighted by Crippen LogP contribution is 2.17. The van der Waals surface area contributed by atoms with Gasteiger partial charge < -0.3 is 10.6 Å². The second-order valence-corrected chi connectivity index (χ2v) is 7.62. The molecule has 2 N–H and O–H groups in total. The number of hydrogen-bond acceptors (Lipinski definition) is 4. The van der Waals surface area contributed by atoms with Crippen LogP contribution in [0, 0.1) is 15.9 Å². The standard InChI is InChI=1S/C26H24FN3O4/c1-2-3-4-18-5-9-20(10-6-18)25(31)29-24(17-19-7-11-21(27)12-8-19)26(32)28-22-13-15-23(16-14-22)30(33)34/h5-17H,2-4H2,1H3,(H,28,32)(H,29,31)/b24-17-. The first-order chi connectivity index (χ1) is 16.4. The Kier molecular flexibility index (Phi) is 8.23. The largest absolute Gasteiger partial charge is 0.321 e. The van der Waals surface area contributed by atoms with Crippen LogP contribution in [0.4, 0.5) is 15.8 Å². The molecule has 0 aliphatic heterocycles. The van der Waals surface area contributed by atoms with Gasteiger partial charge in [0.1, 0.15) is 11.5 Å². The molecule has 0 saturated carbocycles. The van der Waals surface area contributed by atoms with Crippen LogP contribution in [0.25, 0.3) is 6.08 Å². The third-order valence-electron chi connectivity index (χ3n) is 5.04. The zero-order valence-corrected chi connectivity index (χ0v) is 18.6. The van der Waals surface area contributed by atoms with Crippen LogP contribution in [-0.2, 0) is 11.2 Å². The molecule has 0 unspecified atom stereocenters. The van der Waals surface area contributed by atoms with E-state index in [1.165, 1.54) is 54.6 Å². The zero-order valence-electron chi connectivity index (χ0n) is 18.6. The number of carbonyl (C=O) groups is 2. The van der Waals surface area contributed by atoms with Gasteiger partial charge in [-0.3, -0.25) is 19.7 Å². The van der Waals surface area contributed by atoms with Gasteiger partial charge in [0.15, 0.2) is 0 Å². The summed E-state index contributed by atoms with van der Waals surface area (Å²) in [6.07, 6.45) is 4.47.